The molecule has 2 unspecified atom stereocenters. The molecule has 0 aliphatic heterocycles. The Kier molecular flexibility index (Phi) is 9.52. The molecule has 0 radical (unpaired) electrons. The van der Waals surface area contributed by atoms with Crippen LogP contribution in [0.2, 0.25) is 5.02 Å². The maximum atomic E-state index is 12.4. The van der Waals surface area contributed by atoms with Crippen molar-refractivity contribution < 1.29 is 19.4 Å². The monoisotopic (exact) mass is 529 g/mol. The molecule has 0 spiro atoms. The van der Waals surface area contributed by atoms with Gasteiger partial charge < -0.3 is 15.2 Å². The zero-order valence-electron chi connectivity index (χ0n) is 21.4. The van der Waals surface area contributed by atoms with Crippen LogP contribution in [0.5, 0.6) is 0 Å². The van der Waals surface area contributed by atoms with Gasteiger partial charge in [0.15, 0.2) is 0 Å². The van der Waals surface area contributed by atoms with Gasteiger partial charge in [-0.05, 0) is 64.2 Å². The Morgan fingerprint density at radius 2 is 1.58 bits per heavy atom. The fourth-order valence-electron chi connectivity index (χ4n) is 4.68. The van der Waals surface area contributed by atoms with Crippen molar-refractivity contribution in [1.82, 2.24) is 5.32 Å². The van der Waals surface area contributed by atoms with Crippen LogP contribution in [0.25, 0.3) is 10.8 Å². The maximum Gasteiger partial charge on any atom is 0.305 e. The Hall–Kier alpha value is -3.67. The van der Waals surface area contributed by atoms with Crippen LogP contribution in [0.3, 0.4) is 0 Å². The van der Waals surface area contributed by atoms with Crippen molar-refractivity contribution in [1.29, 1.82) is 0 Å². The van der Waals surface area contributed by atoms with Crippen molar-refractivity contribution in [3.8, 4) is 0 Å². The minimum absolute atomic E-state index is 0.0609. The summed E-state index contributed by atoms with van der Waals surface area (Å²) in [5, 5.41) is 14.5. The molecule has 0 bridgehead atoms. The van der Waals surface area contributed by atoms with E-state index >= 15 is 0 Å². The third-order valence-electron chi connectivity index (χ3n) is 6.63. The van der Waals surface area contributed by atoms with E-state index in [-0.39, 0.29) is 30.9 Å². The quantitative estimate of drug-likeness (QED) is 0.199. The van der Waals surface area contributed by atoms with Crippen molar-refractivity contribution in [2.24, 2.45) is 0 Å². The Balaban J connectivity index is 1.57. The number of nitrogens with one attached hydrogen (secondary N) is 1. The standard InChI is InChI=1S/C32H32ClNO4/c1-2-5-29(24-10-12-26(13-11-24)32(37)34-19-18-30(35)36)31(25-14-16-28(33)17-15-25)38-21-22-8-9-23-6-3-4-7-27(23)20-22/h3-4,6-17,20,29,31H,2,5,18-19,21H2,1H3,(H,34,37)(H,35,36). The van der Waals surface area contributed by atoms with Gasteiger partial charge in [-0.1, -0.05) is 85.6 Å². The van der Waals surface area contributed by atoms with Crippen LogP contribution in [0.4, 0.5) is 0 Å². The van der Waals surface area contributed by atoms with Gasteiger partial charge in [0.05, 0.1) is 19.1 Å². The molecule has 0 saturated heterocycles. The number of carbonyl (C=O) groups is 2. The first-order valence-electron chi connectivity index (χ1n) is 12.9. The number of hydrogen-bond acceptors (Lipinski definition) is 3. The average Bonchev–Trinajstić information content (AvgIpc) is 2.93. The molecule has 196 valence electrons. The fourth-order valence-corrected chi connectivity index (χ4v) is 4.81. The fraction of sp³-hybridized carbons (Fsp3) is 0.250. The summed E-state index contributed by atoms with van der Waals surface area (Å²) in [4.78, 5) is 23.2. The molecule has 1 amide bonds. The number of ether oxygens (including phenoxy) is 1. The van der Waals surface area contributed by atoms with Gasteiger partial charge >= 0.3 is 5.97 Å². The van der Waals surface area contributed by atoms with Crippen molar-refractivity contribution >= 4 is 34.2 Å². The van der Waals surface area contributed by atoms with Gasteiger partial charge in [-0.15, -0.1) is 0 Å². The lowest BCUT2D eigenvalue weighted by molar-refractivity contribution is -0.136. The molecule has 2 atom stereocenters. The Labute approximate surface area is 228 Å². The SMILES string of the molecule is CCCC(c1ccc(C(=O)NCCC(=O)O)cc1)C(OCc1ccc2ccccc2c1)c1ccc(Cl)cc1. The summed E-state index contributed by atoms with van der Waals surface area (Å²) < 4.78 is 6.65. The van der Waals surface area contributed by atoms with Crippen LogP contribution in [0, 0.1) is 0 Å². The predicted octanol–water partition coefficient (Wildman–Crippen LogP) is 7.54. The van der Waals surface area contributed by atoms with E-state index in [1.165, 1.54) is 10.8 Å². The number of hydrogen-bond donors (Lipinski definition) is 2. The van der Waals surface area contributed by atoms with Crippen molar-refractivity contribution in [2.45, 2.75) is 44.8 Å². The third kappa shape index (κ3) is 7.21. The predicted molar refractivity (Wildman–Crippen MR) is 152 cm³/mol. The van der Waals surface area contributed by atoms with Crippen molar-refractivity contribution in [3.63, 3.8) is 0 Å². The number of carbonyl (C=O) groups excluding carboxylic acids is 1. The lowest BCUT2D eigenvalue weighted by Crippen LogP contribution is -2.26. The van der Waals surface area contributed by atoms with Crippen molar-refractivity contribution in [2.75, 3.05) is 6.54 Å². The second kappa shape index (κ2) is 13.2. The maximum absolute atomic E-state index is 12.4. The highest BCUT2D eigenvalue weighted by Gasteiger charge is 2.26. The molecule has 0 fully saturated rings. The van der Waals surface area contributed by atoms with E-state index in [1.807, 2.05) is 48.5 Å². The van der Waals surface area contributed by atoms with Crippen LogP contribution in [0.15, 0.2) is 91.0 Å². The largest absolute Gasteiger partial charge is 0.481 e. The van der Waals surface area contributed by atoms with Crippen LogP contribution < -0.4 is 5.32 Å². The van der Waals surface area contributed by atoms with Gasteiger partial charge in [0, 0.05) is 23.0 Å². The zero-order chi connectivity index (χ0) is 26.9. The summed E-state index contributed by atoms with van der Waals surface area (Å²) >= 11 is 6.19. The Bertz CT molecular complexity index is 1370. The van der Waals surface area contributed by atoms with E-state index in [1.54, 1.807) is 12.1 Å². The first kappa shape index (κ1) is 27.4. The minimum atomic E-state index is -0.944. The molecule has 38 heavy (non-hydrogen) atoms. The van der Waals surface area contributed by atoms with Gasteiger partial charge in [-0.2, -0.15) is 0 Å². The highest BCUT2D eigenvalue weighted by Crippen LogP contribution is 2.39. The molecule has 2 N–H and O–H groups in total. The second-order valence-corrected chi connectivity index (χ2v) is 9.82. The molecule has 0 aliphatic carbocycles. The van der Waals surface area contributed by atoms with E-state index < -0.39 is 5.97 Å². The molecule has 0 aromatic heterocycles. The number of aliphatic carboxylic acids is 1. The summed E-state index contributed by atoms with van der Waals surface area (Å²) in [5.41, 5.74) is 3.72. The lowest BCUT2D eigenvalue weighted by atomic mass is 9.85. The molecule has 4 aromatic carbocycles. The molecule has 5 nitrogen and oxygen atoms in total. The third-order valence-corrected chi connectivity index (χ3v) is 6.88. The van der Waals surface area contributed by atoms with E-state index in [9.17, 15) is 9.59 Å². The molecule has 6 heteroatoms. The Morgan fingerprint density at radius 3 is 2.26 bits per heavy atom. The second-order valence-electron chi connectivity index (χ2n) is 9.38. The Morgan fingerprint density at radius 1 is 0.895 bits per heavy atom. The summed E-state index contributed by atoms with van der Waals surface area (Å²) in [6.45, 7) is 2.71. The number of rotatable bonds is 12. The molecular weight excluding hydrogens is 498 g/mol. The molecular formula is C32H32ClNO4. The summed E-state index contributed by atoms with van der Waals surface area (Å²) in [5.74, 6) is -1.17. The first-order chi connectivity index (χ1) is 18.4. The number of halogens is 1. The number of amides is 1. The van der Waals surface area contributed by atoms with E-state index in [4.69, 9.17) is 21.4 Å². The van der Waals surface area contributed by atoms with Crippen molar-refractivity contribution in [3.05, 3.63) is 118 Å². The van der Waals surface area contributed by atoms with Gasteiger partial charge in [0.2, 0.25) is 0 Å². The van der Waals surface area contributed by atoms with Crippen LogP contribution in [-0.4, -0.2) is 23.5 Å². The van der Waals surface area contributed by atoms with Gasteiger partial charge in [0.25, 0.3) is 5.91 Å². The minimum Gasteiger partial charge on any atom is -0.481 e. The zero-order valence-corrected chi connectivity index (χ0v) is 22.2. The van der Waals surface area contributed by atoms with Crippen LogP contribution in [-0.2, 0) is 16.1 Å². The lowest BCUT2D eigenvalue weighted by Gasteiger charge is -2.28. The molecule has 0 saturated carbocycles. The molecule has 4 aromatic rings. The van der Waals surface area contributed by atoms with Crippen LogP contribution >= 0.6 is 11.6 Å². The smallest absolute Gasteiger partial charge is 0.305 e. The topological polar surface area (TPSA) is 75.6 Å². The summed E-state index contributed by atoms with van der Waals surface area (Å²) in [6, 6.07) is 30.0. The molecule has 0 heterocycles. The summed E-state index contributed by atoms with van der Waals surface area (Å²) in [6.07, 6.45) is 1.54. The summed E-state index contributed by atoms with van der Waals surface area (Å²) in [7, 11) is 0. The van der Waals surface area contributed by atoms with Crippen LogP contribution in [0.1, 0.15) is 65.3 Å². The van der Waals surface area contributed by atoms with Gasteiger partial charge in [-0.25, -0.2) is 0 Å². The average molecular weight is 530 g/mol. The number of carboxylic acid groups (broad SMARTS) is 1. The number of fused-ring (bicyclic) bond motifs is 1. The van der Waals surface area contributed by atoms with E-state index in [0.717, 1.165) is 29.5 Å². The van der Waals surface area contributed by atoms with Gasteiger partial charge in [-0.3, -0.25) is 9.59 Å². The number of carboxylic acids is 1. The van der Waals surface area contributed by atoms with E-state index in [0.29, 0.717) is 17.2 Å². The van der Waals surface area contributed by atoms with Gasteiger partial charge in [0.1, 0.15) is 0 Å². The molecule has 4 rings (SSSR count). The highest BCUT2D eigenvalue weighted by atomic mass is 35.5. The first-order valence-corrected chi connectivity index (χ1v) is 13.3. The van der Waals surface area contributed by atoms with E-state index in [2.05, 4.69) is 42.6 Å². The molecule has 0 aliphatic rings. The highest BCUT2D eigenvalue weighted by molar-refractivity contribution is 6.30. The normalized spacial score (nSPS) is 12.7. The number of benzene rings is 4.